The number of hydrogen-bond donors (Lipinski definition) is 0. The molecule has 5 heteroatoms. The van der Waals surface area contributed by atoms with Crippen LogP contribution in [0.25, 0.3) is 42.7 Å². The summed E-state index contributed by atoms with van der Waals surface area (Å²) in [6.07, 6.45) is 3.40. The van der Waals surface area contributed by atoms with E-state index in [2.05, 4.69) is 92.0 Å². The van der Waals surface area contributed by atoms with Crippen LogP contribution in [0.2, 0.25) is 19.6 Å². The third-order valence-electron chi connectivity index (χ3n) is 6.76. The fraction of sp³-hybridized carbons (Fsp3) is 0.200. The molecule has 0 saturated heterocycles. The van der Waals surface area contributed by atoms with E-state index in [0.29, 0.717) is 5.92 Å². The van der Waals surface area contributed by atoms with Crippen molar-refractivity contribution in [1.82, 2.24) is 9.97 Å². The van der Waals surface area contributed by atoms with Gasteiger partial charge < -0.3 is 9.97 Å². The van der Waals surface area contributed by atoms with Crippen LogP contribution in [0, 0.1) is 19.0 Å². The third-order valence-corrected chi connectivity index (χ3v) is 9.99. The van der Waals surface area contributed by atoms with Gasteiger partial charge in [0.05, 0.1) is 8.07 Å². The van der Waals surface area contributed by atoms with Gasteiger partial charge in [0, 0.05) is 41.3 Å². The van der Waals surface area contributed by atoms with Gasteiger partial charge in [-0.3, -0.25) is 0 Å². The fourth-order valence-corrected chi connectivity index (χ4v) is 6.91. The normalized spacial score (nSPS) is 12.7. The van der Waals surface area contributed by atoms with Crippen molar-refractivity contribution in [3.63, 3.8) is 0 Å². The SMILES string of the molecule is CC(C)c1ccc(-c2[c-]cccc2)nc1.[2H]C([2H])([2H])c1ccc(-c2[c-]ccc3c2sc2cc([Si](C)(C)C)ccc23)nc1.[Ir]. The molecule has 0 aliphatic heterocycles. The molecule has 6 rings (SSSR count). The maximum absolute atomic E-state index is 7.51. The fourth-order valence-electron chi connectivity index (χ4n) is 4.40. The Labute approximate surface area is 261 Å². The van der Waals surface area contributed by atoms with E-state index < -0.39 is 14.9 Å². The molecule has 0 saturated carbocycles. The molecule has 0 spiro atoms. The topological polar surface area (TPSA) is 25.8 Å². The van der Waals surface area contributed by atoms with Gasteiger partial charge in [0.2, 0.25) is 0 Å². The summed E-state index contributed by atoms with van der Waals surface area (Å²) in [7, 11) is -1.37. The molecule has 0 aliphatic rings. The number of benzene rings is 3. The Balaban J connectivity index is 0.000000225. The van der Waals surface area contributed by atoms with Crippen molar-refractivity contribution in [3.8, 4) is 22.5 Å². The van der Waals surface area contributed by atoms with Gasteiger partial charge in [-0.15, -0.1) is 59.7 Å². The molecular formula is C35H34IrN2SSi-2. The van der Waals surface area contributed by atoms with Gasteiger partial charge in [-0.2, -0.15) is 11.3 Å². The Bertz CT molecular complexity index is 1810. The van der Waals surface area contributed by atoms with Crippen molar-refractivity contribution in [2.45, 2.75) is 46.3 Å². The van der Waals surface area contributed by atoms with Crippen LogP contribution in [0.15, 0.2) is 91.3 Å². The number of aromatic nitrogens is 2. The van der Waals surface area contributed by atoms with E-state index in [-0.39, 0.29) is 25.7 Å². The molecule has 0 unspecified atom stereocenters. The molecule has 205 valence electrons. The van der Waals surface area contributed by atoms with Crippen LogP contribution in [0.4, 0.5) is 0 Å². The second-order valence-electron chi connectivity index (χ2n) is 11.0. The predicted molar refractivity (Wildman–Crippen MR) is 172 cm³/mol. The van der Waals surface area contributed by atoms with Crippen LogP contribution < -0.4 is 5.19 Å². The molecular weight excluding hydrogens is 701 g/mol. The Morgan fingerprint density at radius 3 is 2.25 bits per heavy atom. The van der Waals surface area contributed by atoms with E-state index in [1.165, 1.54) is 32.4 Å². The average Bonchev–Trinajstić information content (AvgIpc) is 3.35. The minimum atomic E-state index is -2.13. The second-order valence-corrected chi connectivity index (χ2v) is 17.1. The van der Waals surface area contributed by atoms with Gasteiger partial charge in [0.25, 0.3) is 0 Å². The van der Waals surface area contributed by atoms with Crippen molar-refractivity contribution < 1.29 is 24.2 Å². The van der Waals surface area contributed by atoms with Gasteiger partial charge in [-0.25, -0.2) is 0 Å². The van der Waals surface area contributed by atoms with E-state index in [1.807, 2.05) is 36.5 Å². The Morgan fingerprint density at radius 2 is 1.62 bits per heavy atom. The molecule has 6 aromatic rings. The Hall–Kier alpha value is -2.95. The molecule has 40 heavy (non-hydrogen) atoms. The molecule has 3 aromatic carbocycles. The zero-order chi connectivity index (χ0) is 30.1. The van der Waals surface area contributed by atoms with E-state index in [1.54, 1.807) is 23.5 Å². The number of aryl methyl sites for hydroxylation is 1. The largest absolute Gasteiger partial charge is 0.304 e. The van der Waals surface area contributed by atoms with Crippen LogP contribution in [-0.4, -0.2) is 18.0 Å². The van der Waals surface area contributed by atoms with Crippen LogP contribution >= 0.6 is 11.3 Å². The first kappa shape index (κ1) is 26.0. The molecule has 0 bridgehead atoms. The predicted octanol–water partition coefficient (Wildman–Crippen LogP) is 9.44. The average molecular weight is 738 g/mol. The van der Waals surface area contributed by atoms with Crippen LogP contribution in [0.5, 0.6) is 0 Å². The zero-order valence-corrected chi connectivity index (χ0v) is 27.6. The van der Waals surface area contributed by atoms with Gasteiger partial charge in [0.15, 0.2) is 0 Å². The number of nitrogens with zero attached hydrogens (tertiary/aromatic N) is 2. The molecule has 0 N–H and O–H groups in total. The molecule has 0 atom stereocenters. The number of rotatable bonds is 4. The molecule has 0 aliphatic carbocycles. The van der Waals surface area contributed by atoms with Crippen molar-refractivity contribution in [2.75, 3.05) is 0 Å². The van der Waals surface area contributed by atoms with Crippen molar-refractivity contribution in [1.29, 1.82) is 0 Å². The molecule has 1 radical (unpaired) electrons. The first-order valence-electron chi connectivity index (χ1n) is 14.7. The summed E-state index contributed by atoms with van der Waals surface area (Å²) in [5.41, 5.74) is 5.25. The third kappa shape index (κ3) is 6.67. The van der Waals surface area contributed by atoms with E-state index in [4.69, 9.17) is 4.11 Å². The summed E-state index contributed by atoms with van der Waals surface area (Å²) in [5.74, 6) is 0.534. The summed E-state index contributed by atoms with van der Waals surface area (Å²) >= 11 is 1.76. The molecule has 3 aromatic heterocycles. The van der Waals surface area contributed by atoms with Crippen molar-refractivity contribution >= 4 is 44.8 Å². The maximum atomic E-state index is 7.51. The van der Waals surface area contributed by atoms with Gasteiger partial charge in [-0.1, -0.05) is 80.5 Å². The van der Waals surface area contributed by atoms with Crippen LogP contribution in [0.1, 0.15) is 35.0 Å². The van der Waals surface area contributed by atoms with E-state index >= 15 is 0 Å². The second kappa shape index (κ2) is 12.7. The molecule has 3 heterocycles. The van der Waals surface area contributed by atoms with Crippen LogP contribution in [-0.2, 0) is 20.1 Å². The number of hydrogen-bond acceptors (Lipinski definition) is 3. The van der Waals surface area contributed by atoms with Gasteiger partial charge in [-0.05, 0) is 51.4 Å². The number of thiophene rings is 1. The molecule has 0 fully saturated rings. The molecule has 2 nitrogen and oxygen atoms in total. The van der Waals surface area contributed by atoms with Gasteiger partial charge in [0.1, 0.15) is 0 Å². The van der Waals surface area contributed by atoms with E-state index in [0.717, 1.165) is 27.2 Å². The van der Waals surface area contributed by atoms with Crippen molar-refractivity contribution in [3.05, 3.63) is 115 Å². The maximum Gasteiger partial charge on any atom is 0.0776 e. The minimum absolute atomic E-state index is 0. The zero-order valence-electron chi connectivity index (χ0n) is 26.4. The first-order valence-corrected chi connectivity index (χ1v) is 17.5. The standard InChI is InChI=1S/C21H20NSSi.C14H14N.Ir/c1-14-8-11-19(22-13-14)18-7-5-6-17-16-10-9-15(24(2,3)4)12-20(16)23-21(17)18;1-11(2)13-8-9-14(15-10-13)12-6-4-3-5-7-12;/h5-6,8-13H,1-4H3;3-6,8-11H,1-2H3;/q2*-1;/i1D3;;. The first-order chi connectivity index (χ1) is 19.9. The summed E-state index contributed by atoms with van der Waals surface area (Å²) in [6.45, 7) is 9.29. The van der Waals surface area contributed by atoms with E-state index in [9.17, 15) is 0 Å². The monoisotopic (exact) mass is 738 g/mol. The van der Waals surface area contributed by atoms with Crippen LogP contribution in [0.3, 0.4) is 0 Å². The Morgan fingerprint density at radius 1 is 0.825 bits per heavy atom. The number of pyridine rings is 2. The summed E-state index contributed by atoms with van der Waals surface area (Å²) < 4.78 is 25.0. The Kier molecular flexibility index (Phi) is 8.25. The summed E-state index contributed by atoms with van der Waals surface area (Å²) in [5, 5.41) is 3.91. The summed E-state index contributed by atoms with van der Waals surface area (Å²) in [4.78, 5) is 8.85. The number of fused-ring (bicyclic) bond motifs is 3. The minimum Gasteiger partial charge on any atom is -0.304 e. The smallest absolute Gasteiger partial charge is 0.0776 e. The molecule has 0 amide bonds. The van der Waals surface area contributed by atoms with Gasteiger partial charge >= 0.3 is 0 Å². The quantitative estimate of drug-likeness (QED) is 0.133. The van der Waals surface area contributed by atoms with Crippen molar-refractivity contribution in [2.24, 2.45) is 0 Å². The summed E-state index contributed by atoms with van der Waals surface area (Å²) in [6, 6.07) is 32.8.